The van der Waals surface area contributed by atoms with Gasteiger partial charge in [-0.3, -0.25) is 4.79 Å². The van der Waals surface area contributed by atoms with Gasteiger partial charge in [-0.15, -0.1) is 0 Å². The second-order valence-electron chi connectivity index (χ2n) is 5.80. The van der Waals surface area contributed by atoms with Crippen molar-refractivity contribution in [2.24, 2.45) is 0 Å². The number of carbonyl (C=O) groups excluding carboxylic acids is 1. The maximum Gasteiger partial charge on any atom is 0.150 e. The minimum Gasteiger partial charge on any atom is -0.374 e. The average molecular weight is 231 g/mol. The lowest BCUT2D eigenvalue weighted by Gasteiger charge is -2.41. The van der Waals surface area contributed by atoms with Gasteiger partial charge >= 0.3 is 0 Å². The third-order valence-electron chi connectivity index (χ3n) is 4.05. The molecule has 92 valence electrons. The van der Waals surface area contributed by atoms with Gasteiger partial charge in [0.05, 0.1) is 0 Å². The van der Waals surface area contributed by atoms with Gasteiger partial charge in [0, 0.05) is 24.8 Å². The van der Waals surface area contributed by atoms with Crippen LogP contribution in [0.25, 0.3) is 0 Å². The molecule has 17 heavy (non-hydrogen) atoms. The number of fused-ring (bicyclic) bond motifs is 1. The summed E-state index contributed by atoms with van der Waals surface area (Å²) in [5, 5.41) is 0. The first-order valence-corrected chi connectivity index (χ1v) is 6.19. The fourth-order valence-corrected chi connectivity index (χ4v) is 3.06. The zero-order chi connectivity index (χ0) is 12.8. The SMILES string of the molecule is Cc1cc(C=O)c(C)c2c1N(C)CCC2(C)C. The molecule has 2 rings (SSSR count). The molecule has 0 saturated heterocycles. The lowest BCUT2D eigenvalue weighted by Crippen LogP contribution is -2.36. The van der Waals surface area contributed by atoms with E-state index in [4.69, 9.17) is 0 Å². The molecule has 0 aliphatic carbocycles. The molecule has 0 aromatic heterocycles. The number of aryl methyl sites for hydroxylation is 1. The number of aldehydes is 1. The van der Waals surface area contributed by atoms with Crippen LogP contribution in [0.5, 0.6) is 0 Å². The van der Waals surface area contributed by atoms with E-state index in [1.54, 1.807) is 0 Å². The van der Waals surface area contributed by atoms with Crippen LogP contribution in [-0.4, -0.2) is 19.9 Å². The molecule has 1 heterocycles. The summed E-state index contributed by atoms with van der Waals surface area (Å²) in [7, 11) is 2.14. The normalized spacial score (nSPS) is 17.8. The number of hydrogen-bond donors (Lipinski definition) is 0. The summed E-state index contributed by atoms with van der Waals surface area (Å²) in [4.78, 5) is 13.5. The van der Waals surface area contributed by atoms with E-state index in [-0.39, 0.29) is 5.41 Å². The lowest BCUT2D eigenvalue weighted by molar-refractivity contribution is 0.112. The van der Waals surface area contributed by atoms with E-state index in [0.29, 0.717) is 0 Å². The van der Waals surface area contributed by atoms with E-state index in [2.05, 4.69) is 39.6 Å². The van der Waals surface area contributed by atoms with Gasteiger partial charge in [-0.05, 0) is 48.4 Å². The Bertz CT molecular complexity index is 474. The van der Waals surface area contributed by atoms with Crippen LogP contribution in [-0.2, 0) is 5.41 Å². The third kappa shape index (κ3) is 1.76. The van der Waals surface area contributed by atoms with Crippen molar-refractivity contribution in [2.75, 3.05) is 18.5 Å². The Labute approximate surface area is 104 Å². The molecule has 0 bridgehead atoms. The van der Waals surface area contributed by atoms with Gasteiger partial charge < -0.3 is 4.90 Å². The van der Waals surface area contributed by atoms with Crippen molar-refractivity contribution in [3.05, 3.63) is 28.3 Å². The van der Waals surface area contributed by atoms with Gasteiger partial charge in [0.25, 0.3) is 0 Å². The molecule has 0 fully saturated rings. The molecule has 0 atom stereocenters. The van der Waals surface area contributed by atoms with Crippen molar-refractivity contribution in [2.45, 2.75) is 39.5 Å². The van der Waals surface area contributed by atoms with E-state index in [1.165, 1.54) is 16.8 Å². The predicted molar refractivity (Wildman–Crippen MR) is 72.2 cm³/mol. The summed E-state index contributed by atoms with van der Waals surface area (Å²) in [5.41, 5.74) is 6.04. The van der Waals surface area contributed by atoms with E-state index >= 15 is 0 Å². The molecule has 1 aromatic rings. The maximum absolute atomic E-state index is 11.1. The molecule has 1 aliphatic rings. The van der Waals surface area contributed by atoms with Crippen molar-refractivity contribution < 1.29 is 4.79 Å². The highest BCUT2D eigenvalue weighted by Crippen LogP contribution is 2.43. The maximum atomic E-state index is 11.1. The molecule has 1 aliphatic heterocycles. The first kappa shape index (κ1) is 12.2. The highest BCUT2D eigenvalue weighted by molar-refractivity contribution is 5.82. The van der Waals surface area contributed by atoms with Crippen molar-refractivity contribution in [1.29, 1.82) is 0 Å². The zero-order valence-corrected chi connectivity index (χ0v) is 11.4. The summed E-state index contributed by atoms with van der Waals surface area (Å²) >= 11 is 0. The lowest BCUT2D eigenvalue weighted by atomic mass is 9.74. The second-order valence-corrected chi connectivity index (χ2v) is 5.80. The van der Waals surface area contributed by atoms with E-state index < -0.39 is 0 Å². The minimum atomic E-state index is 0.162. The van der Waals surface area contributed by atoms with Crippen LogP contribution in [0.3, 0.4) is 0 Å². The van der Waals surface area contributed by atoms with Crippen molar-refractivity contribution in [3.63, 3.8) is 0 Å². The minimum absolute atomic E-state index is 0.162. The number of benzene rings is 1. The Morgan fingerprint density at radius 2 is 2.00 bits per heavy atom. The van der Waals surface area contributed by atoms with Crippen molar-refractivity contribution in [1.82, 2.24) is 0 Å². The van der Waals surface area contributed by atoms with Crippen LogP contribution in [0.4, 0.5) is 5.69 Å². The molecule has 0 unspecified atom stereocenters. The average Bonchev–Trinajstić information content (AvgIpc) is 2.26. The Balaban J connectivity index is 2.80. The fraction of sp³-hybridized carbons (Fsp3) is 0.533. The van der Waals surface area contributed by atoms with Crippen molar-refractivity contribution >= 4 is 12.0 Å². The Kier molecular flexibility index (Phi) is 2.76. The molecular weight excluding hydrogens is 210 g/mol. The van der Waals surface area contributed by atoms with Gasteiger partial charge in [0.2, 0.25) is 0 Å². The smallest absolute Gasteiger partial charge is 0.150 e. The van der Waals surface area contributed by atoms with Crippen LogP contribution >= 0.6 is 0 Å². The quantitative estimate of drug-likeness (QED) is 0.692. The number of nitrogens with zero attached hydrogens (tertiary/aromatic N) is 1. The first-order valence-electron chi connectivity index (χ1n) is 6.19. The summed E-state index contributed by atoms with van der Waals surface area (Å²) in [6.07, 6.45) is 2.12. The van der Waals surface area contributed by atoms with Gasteiger partial charge in [0.15, 0.2) is 0 Å². The number of rotatable bonds is 1. The van der Waals surface area contributed by atoms with Crippen molar-refractivity contribution in [3.8, 4) is 0 Å². The fourth-order valence-electron chi connectivity index (χ4n) is 3.06. The monoisotopic (exact) mass is 231 g/mol. The molecule has 0 amide bonds. The van der Waals surface area contributed by atoms with Gasteiger partial charge in [0.1, 0.15) is 6.29 Å². The summed E-state index contributed by atoms with van der Waals surface area (Å²) in [6, 6.07) is 2.01. The topological polar surface area (TPSA) is 20.3 Å². The number of carbonyl (C=O) groups is 1. The van der Waals surface area contributed by atoms with Crippen LogP contribution < -0.4 is 4.90 Å². The van der Waals surface area contributed by atoms with Gasteiger partial charge in [-0.1, -0.05) is 13.8 Å². The molecule has 0 spiro atoms. The molecule has 0 radical (unpaired) electrons. The third-order valence-corrected chi connectivity index (χ3v) is 4.05. The van der Waals surface area contributed by atoms with Crippen LogP contribution in [0, 0.1) is 13.8 Å². The molecular formula is C15H21NO. The zero-order valence-electron chi connectivity index (χ0n) is 11.4. The summed E-state index contributed by atoms with van der Waals surface area (Å²) in [5.74, 6) is 0. The highest BCUT2D eigenvalue weighted by atomic mass is 16.1. The van der Waals surface area contributed by atoms with Gasteiger partial charge in [-0.25, -0.2) is 0 Å². The highest BCUT2D eigenvalue weighted by Gasteiger charge is 2.33. The van der Waals surface area contributed by atoms with Crippen LogP contribution in [0.15, 0.2) is 6.07 Å². The van der Waals surface area contributed by atoms with E-state index in [1.807, 2.05) is 6.07 Å². The second kappa shape index (κ2) is 3.86. The molecule has 2 heteroatoms. The molecule has 0 saturated carbocycles. The molecule has 2 nitrogen and oxygen atoms in total. The summed E-state index contributed by atoms with van der Waals surface area (Å²) < 4.78 is 0. The van der Waals surface area contributed by atoms with Crippen LogP contribution in [0.1, 0.15) is 47.3 Å². The number of anilines is 1. The van der Waals surface area contributed by atoms with E-state index in [0.717, 1.165) is 30.4 Å². The molecule has 1 aromatic carbocycles. The largest absolute Gasteiger partial charge is 0.374 e. The summed E-state index contributed by atoms with van der Waals surface area (Å²) in [6.45, 7) is 9.81. The van der Waals surface area contributed by atoms with Gasteiger partial charge in [-0.2, -0.15) is 0 Å². The Hall–Kier alpha value is -1.31. The predicted octanol–water partition coefficient (Wildman–Crippen LogP) is 3.23. The number of hydrogen-bond acceptors (Lipinski definition) is 2. The van der Waals surface area contributed by atoms with E-state index in [9.17, 15) is 4.79 Å². The Morgan fingerprint density at radius 3 is 2.59 bits per heavy atom. The molecule has 0 N–H and O–H groups in total. The first-order chi connectivity index (χ1) is 7.88. The Morgan fingerprint density at radius 1 is 1.35 bits per heavy atom. The van der Waals surface area contributed by atoms with Crippen LogP contribution in [0.2, 0.25) is 0 Å². The standard InChI is InChI=1S/C15H21NO/c1-10-8-12(9-17)11(2)13-14(10)16(5)7-6-15(13,3)4/h8-9H,6-7H2,1-5H3.